The standard InChI is InChI=1S/C25H27F3N4O5/c1-5-18(8-6-16(2)37-19-10-11-30-21(15-19)23(33)29-3)31-24(34)32-20-14-17(25(26,27)28)7-9-22(20)36-13-12-35-4/h5-11,14-15H,2,12-13H2,1,3-4H3,(H,29,33)(H2,31,32,34)/b8-6-,18-5+. The number of benzene rings is 1. The monoisotopic (exact) mass is 520 g/mol. The molecule has 9 nitrogen and oxygen atoms in total. The van der Waals surface area contributed by atoms with Crippen molar-refractivity contribution in [2.75, 3.05) is 32.7 Å². The zero-order chi connectivity index (χ0) is 27.4. The molecule has 0 aliphatic heterocycles. The van der Waals surface area contributed by atoms with E-state index in [0.29, 0.717) is 11.4 Å². The second-order valence-electron chi connectivity index (χ2n) is 7.23. The van der Waals surface area contributed by atoms with Gasteiger partial charge in [0.05, 0.1) is 17.9 Å². The van der Waals surface area contributed by atoms with E-state index in [2.05, 4.69) is 27.5 Å². The second kappa shape index (κ2) is 13.7. The van der Waals surface area contributed by atoms with E-state index >= 15 is 0 Å². The summed E-state index contributed by atoms with van der Waals surface area (Å²) in [6.07, 6.45) is 1.29. The fourth-order valence-corrected chi connectivity index (χ4v) is 2.75. The van der Waals surface area contributed by atoms with E-state index in [9.17, 15) is 22.8 Å². The van der Waals surface area contributed by atoms with Gasteiger partial charge in [0.2, 0.25) is 0 Å². The van der Waals surface area contributed by atoms with Crippen LogP contribution < -0.4 is 25.4 Å². The van der Waals surface area contributed by atoms with Crippen LogP contribution in [-0.4, -0.2) is 44.3 Å². The normalized spacial score (nSPS) is 11.7. The van der Waals surface area contributed by atoms with Gasteiger partial charge < -0.3 is 30.2 Å². The van der Waals surface area contributed by atoms with Gasteiger partial charge in [0.25, 0.3) is 5.91 Å². The number of allylic oxidation sites excluding steroid dienone is 3. The summed E-state index contributed by atoms with van der Waals surface area (Å²) in [5, 5.41) is 7.35. The number of anilines is 1. The van der Waals surface area contributed by atoms with Crippen LogP contribution in [0.1, 0.15) is 23.0 Å². The number of carbonyl (C=O) groups is 2. The van der Waals surface area contributed by atoms with E-state index in [1.54, 1.807) is 13.0 Å². The van der Waals surface area contributed by atoms with Crippen molar-refractivity contribution in [2.24, 2.45) is 0 Å². The van der Waals surface area contributed by atoms with Crippen molar-refractivity contribution in [3.63, 3.8) is 0 Å². The van der Waals surface area contributed by atoms with Crippen LogP contribution in [-0.2, 0) is 10.9 Å². The average molecular weight is 521 g/mol. The first-order valence-electron chi connectivity index (χ1n) is 10.9. The summed E-state index contributed by atoms with van der Waals surface area (Å²) in [6.45, 7) is 5.68. The van der Waals surface area contributed by atoms with Crippen LogP contribution in [0.5, 0.6) is 11.5 Å². The Bertz CT molecular complexity index is 1180. The van der Waals surface area contributed by atoms with E-state index in [4.69, 9.17) is 14.2 Å². The van der Waals surface area contributed by atoms with Crippen molar-refractivity contribution in [1.29, 1.82) is 0 Å². The molecule has 3 amide bonds. The summed E-state index contributed by atoms with van der Waals surface area (Å²) >= 11 is 0. The predicted octanol–water partition coefficient (Wildman–Crippen LogP) is 4.66. The summed E-state index contributed by atoms with van der Waals surface area (Å²) < 4.78 is 55.4. The van der Waals surface area contributed by atoms with Gasteiger partial charge in [0, 0.05) is 32.1 Å². The smallest absolute Gasteiger partial charge is 0.416 e. The molecule has 0 saturated heterocycles. The number of urea groups is 1. The minimum atomic E-state index is -4.61. The molecular formula is C25H27F3N4O5. The van der Waals surface area contributed by atoms with Crippen LogP contribution in [0, 0.1) is 0 Å². The van der Waals surface area contributed by atoms with Gasteiger partial charge in [-0.1, -0.05) is 12.7 Å². The quantitative estimate of drug-likeness (QED) is 0.226. The lowest BCUT2D eigenvalue weighted by Gasteiger charge is -2.16. The molecule has 37 heavy (non-hydrogen) atoms. The van der Waals surface area contributed by atoms with E-state index in [-0.39, 0.29) is 42.0 Å². The Hall–Kier alpha value is -4.32. The zero-order valence-corrected chi connectivity index (χ0v) is 20.4. The number of methoxy groups -OCH3 is 1. The third kappa shape index (κ3) is 9.33. The molecule has 1 aromatic heterocycles. The van der Waals surface area contributed by atoms with Gasteiger partial charge in [-0.3, -0.25) is 9.78 Å². The van der Waals surface area contributed by atoms with E-state index in [0.717, 1.165) is 18.2 Å². The predicted molar refractivity (Wildman–Crippen MR) is 131 cm³/mol. The highest BCUT2D eigenvalue weighted by Crippen LogP contribution is 2.35. The number of aromatic nitrogens is 1. The van der Waals surface area contributed by atoms with E-state index < -0.39 is 17.8 Å². The van der Waals surface area contributed by atoms with E-state index in [1.165, 1.54) is 44.6 Å². The highest BCUT2D eigenvalue weighted by molar-refractivity contribution is 5.93. The third-order valence-electron chi connectivity index (χ3n) is 4.56. The summed E-state index contributed by atoms with van der Waals surface area (Å²) in [5.74, 6) is 0.169. The lowest BCUT2D eigenvalue weighted by Crippen LogP contribution is -2.28. The van der Waals surface area contributed by atoms with Crippen LogP contribution in [0.3, 0.4) is 0 Å². The molecular weight excluding hydrogens is 493 g/mol. The number of nitrogens with one attached hydrogen (secondary N) is 3. The Kier molecular flexibility index (Phi) is 10.7. The number of ether oxygens (including phenoxy) is 3. The van der Waals surface area contributed by atoms with Crippen molar-refractivity contribution < 1.29 is 37.0 Å². The molecule has 0 spiro atoms. The number of nitrogens with zero attached hydrogens (tertiary/aromatic N) is 1. The molecule has 0 atom stereocenters. The van der Waals surface area contributed by atoms with Gasteiger partial charge in [-0.15, -0.1) is 0 Å². The first-order chi connectivity index (χ1) is 17.6. The summed E-state index contributed by atoms with van der Waals surface area (Å²) in [6, 6.07) is 4.93. The number of amides is 3. The molecule has 198 valence electrons. The lowest BCUT2D eigenvalue weighted by atomic mass is 10.2. The topological polar surface area (TPSA) is 111 Å². The molecule has 2 aromatic rings. The maximum atomic E-state index is 13.2. The molecule has 0 bridgehead atoms. The van der Waals surface area contributed by atoms with Crippen LogP contribution in [0.4, 0.5) is 23.7 Å². The van der Waals surface area contributed by atoms with Crippen LogP contribution >= 0.6 is 0 Å². The molecule has 1 aromatic carbocycles. The second-order valence-corrected chi connectivity index (χ2v) is 7.23. The van der Waals surface area contributed by atoms with Crippen LogP contribution in [0.15, 0.2) is 72.8 Å². The van der Waals surface area contributed by atoms with Crippen molar-refractivity contribution in [2.45, 2.75) is 13.1 Å². The Morgan fingerprint density at radius 3 is 2.54 bits per heavy atom. The molecule has 12 heteroatoms. The minimum absolute atomic E-state index is 0.0491. The van der Waals surface area contributed by atoms with Crippen molar-refractivity contribution in [3.8, 4) is 11.5 Å². The zero-order valence-electron chi connectivity index (χ0n) is 20.4. The Morgan fingerprint density at radius 2 is 1.89 bits per heavy atom. The molecule has 1 heterocycles. The fourth-order valence-electron chi connectivity index (χ4n) is 2.75. The van der Waals surface area contributed by atoms with Crippen LogP contribution in [0.2, 0.25) is 0 Å². The lowest BCUT2D eigenvalue weighted by molar-refractivity contribution is -0.137. The molecule has 0 aliphatic rings. The number of rotatable bonds is 11. The molecule has 0 saturated carbocycles. The molecule has 0 radical (unpaired) electrons. The van der Waals surface area contributed by atoms with Gasteiger partial charge in [-0.05, 0) is 43.3 Å². The largest absolute Gasteiger partial charge is 0.489 e. The van der Waals surface area contributed by atoms with Gasteiger partial charge in [0.1, 0.15) is 29.6 Å². The van der Waals surface area contributed by atoms with Gasteiger partial charge in [-0.25, -0.2) is 4.79 Å². The SMILES string of the molecule is C=C(/C=C\C(=C/C)NC(=O)Nc1cc(C(F)(F)F)ccc1OCCOC)Oc1ccnc(C(=O)NC)c1. The van der Waals surface area contributed by atoms with Gasteiger partial charge >= 0.3 is 12.2 Å². The number of halogens is 3. The summed E-state index contributed by atoms with van der Waals surface area (Å²) in [5.41, 5.74) is -0.654. The number of pyridine rings is 1. The number of alkyl halides is 3. The highest BCUT2D eigenvalue weighted by Gasteiger charge is 2.31. The van der Waals surface area contributed by atoms with Crippen molar-refractivity contribution in [1.82, 2.24) is 15.6 Å². The van der Waals surface area contributed by atoms with Crippen LogP contribution in [0.25, 0.3) is 0 Å². The number of hydrogen-bond acceptors (Lipinski definition) is 6. The maximum absolute atomic E-state index is 13.2. The van der Waals surface area contributed by atoms with Crippen molar-refractivity contribution in [3.05, 3.63) is 84.0 Å². The number of hydrogen-bond donors (Lipinski definition) is 3. The molecule has 0 unspecified atom stereocenters. The van der Waals surface area contributed by atoms with Gasteiger partial charge in [-0.2, -0.15) is 13.2 Å². The minimum Gasteiger partial charge on any atom is -0.489 e. The molecule has 0 fully saturated rings. The van der Waals surface area contributed by atoms with Gasteiger partial charge in [0.15, 0.2) is 0 Å². The first kappa shape index (κ1) is 28.9. The maximum Gasteiger partial charge on any atom is 0.416 e. The highest BCUT2D eigenvalue weighted by atomic mass is 19.4. The molecule has 2 rings (SSSR count). The number of carbonyl (C=O) groups excluding carboxylic acids is 2. The molecule has 3 N–H and O–H groups in total. The Labute approximate surface area is 212 Å². The van der Waals surface area contributed by atoms with E-state index in [1.807, 2.05) is 0 Å². The Morgan fingerprint density at radius 1 is 1.14 bits per heavy atom. The summed E-state index contributed by atoms with van der Waals surface area (Å²) in [7, 11) is 2.93. The summed E-state index contributed by atoms with van der Waals surface area (Å²) in [4.78, 5) is 28.2. The first-order valence-corrected chi connectivity index (χ1v) is 10.9. The average Bonchev–Trinajstić information content (AvgIpc) is 2.86. The Balaban J connectivity index is 2.07. The fraction of sp³-hybridized carbons (Fsp3) is 0.240. The third-order valence-corrected chi connectivity index (χ3v) is 4.56. The van der Waals surface area contributed by atoms with Crippen molar-refractivity contribution >= 4 is 17.6 Å². The molecule has 0 aliphatic carbocycles.